The SMILES string of the molecule is O=C1CCC(=O)N1CCOC(c1ccccc1)(c1ccccc1)c1ccccc1. The Kier molecular flexibility index (Phi) is 5.54. The molecule has 2 amide bonds. The zero-order valence-corrected chi connectivity index (χ0v) is 16.2. The molecule has 0 aromatic heterocycles. The molecule has 4 rings (SSSR count). The molecular formula is C25H23NO3. The maximum Gasteiger partial charge on any atom is 0.229 e. The van der Waals surface area contributed by atoms with Crippen LogP contribution in [0.1, 0.15) is 29.5 Å². The Morgan fingerprint density at radius 3 is 1.41 bits per heavy atom. The zero-order valence-electron chi connectivity index (χ0n) is 16.2. The van der Waals surface area contributed by atoms with Gasteiger partial charge < -0.3 is 4.74 Å². The number of benzene rings is 3. The Morgan fingerprint density at radius 1 is 0.655 bits per heavy atom. The maximum absolute atomic E-state index is 12.0. The fraction of sp³-hybridized carbons (Fsp3) is 0.200. The van der Waals surface area contributed by atoms with Crippen LogP contribution in [0.5, 0.6) is 0 Å². The van der Waals surface area contributed by atoms with Gasteiger partial charge in [-0.2, -0.15) is 0 Å². The van der Waals surface area contributed by atoms with Gasteiger partial charge >= 0.3 is 0 Å². The number of hydrogen-bond acceptors (Lipinski definition) is 3. The van der Waals surface area contributed by atoms with Crippen molar-refractivity contribution in [1.29, 1.82) is 0 Å². The first-order chi connectivity index (χ1) is 14.2. The summed E-state index contributed by atoms with van der Waals surface area (Å²) < 4.78 is 6.60. The molecule has 0 aliphatic carbocycles. The highest BCUT2D eigenvalue weighted by molar-refractivity contribution is 6.01. The molecule has 4 heteroatoms. The standard InChI is InChI=1S/C25H23NO3/c27-23-16-17-24(28)26(23)18-19-29-25(20-10-4-1-5-11-20,21-12-6-2-7-13-21)22-14-8-3-9-15-22/h1-15H,16-19H2. The van der Waals surface area contributed by atoms with Gasteiger partial charge in [-0.05, 0) is 16.7 Å². The summed E-state index contributed by atoms with van der Waals surface area (Å²) in [6, 6.07) is 30.2. The highest BCUT2D eigenvalue weighted by atomic mass is 16.5. The molecule has 3 aromatic rings. The van der Waals surface area contributed by atoms with Gasteiger partial charge in [-0.25, -0.2) is 0 Å². The lowest BCUT2D eigenvalue weighted by Crippen LogP contribution is -2.38. The summed E-state index contributed by atoms with van der Waals surface area (Å²) in [5, 5.41) is 0. The first-order valence-corrected chi connectivity index (χ1v) is 9.85. The Morgan fingerprint density at radius 2 is 1.03 bits per heavy atom. The van der Waals surface area contributed by atoms with Crippen molar-refractivity contribution < 1.29 is 14.3 Å². The molecule has 0 N–H and O–H groups in total. The molecule has 1 heterocycles. The van der Waals surface area contributed by atoms with Crippen molar-refractivity contribution in [2.24, 2.45) is 0 Å². The minimum absolute atomic E-state index is 0.122. The molecular weight excluding hydrogens is 362 g/mol. The van der Waals surface area contributed by atoms with Crippen molar-refractivity contribution in [3.63, 3.8) is 0 Å². The van der Waals surface area contributed by atoms with Gasteiger partial charge in [0.15, 0.2) is 0 Å². The van der Waals surface area contributed by atoms with Crippen LogP contribution in [0, 0.1) is 0 Å². The van der Waals surface area contributed by atoms with Crippen LogP contribution in [0.15, 0.2) is 91.0 Å². The minimum atomic E-state index is -0.838. The van der Waals surface area contributed by atoms with Gasteiger partial charge in [0.25, 0.3) is 0 Å². The van der Waals surface area contributed by atoms with Gasteiger partial charge in [-0.1, -0.05) is 91.0 Å². The van der Waals surface area contributed by atoms with E-state index < -0.39 is 5.60 Å². The average molecular weight is 385 g/mol. The van der Waals surface area contributed by atoms with Gasteiger partial charge in [0.2, 0.25) is 11.8 Å². The van der Waals surface area contributed by atoms with E-state index in [9.17, 15) is 9.59 Å². The molecule has 1 saturated heterocycles. The van der Waals surface area contributed by atoms with Crippen LogP contribution in [-0.2, 0) is 19.9 Å². The Balaban J connectivity index is 1.75. The van der Waals surface area contributed by atoms with Gasteiger partial charge in [-0.15, -0.1) is 0 Å². The van der Waals surface area contributed by atoms with Crippen LogP contribution in [0.4, 0.5) is 0 Å². The molecule has 146 valence electrons. The smallest absolute Gasteiger partial charge is 0.229 e. The summed E-state index contributed by atoms with van der Waals surface area (Å²) in [6.45, 7) is 0.502. The van der Waals surface area contributed by atoms with Crippen LogP contribution < -0.4 is 0 Å². The number of carbonyl (C=O) groups excluding carboxylic acids is 2. The molecule has 0 unspecified atom stereocenters. The topological polar surface area (TPSA) is 46.6 Å². The molecule has 1 aliphatic rings. The molecule has 3 aromatic carbocycles. The van der Waals surface area contributed by atoms with Gasteiger partial charge in [0, 0.05) is 12.8 Å². The van der Waals surface area contributed by atoms with Gasteiger partial charge in [-0.3, -0.25) is 14.5 Å². The van der Waals surface area contributed by atoms with Crippen LogP contribution in [-0.4, -0.2) is 29.9 Å². The lowest BCUT2D eigenvalue weighted by Gasteiger charge is -2.36. The van der Waals surface area contributed by atoms with E-state index in [0.717, 1.165) is 16.7 Å². The monoisotopic (exact) mass is 385 g/mol. The zero-order chi connectivity index (χ0) is 20.1. The summed E-state index contributed by atoms with van der Waals surface area (Å²) in [6.07, 6.45) is 0.583. The second-order valence-corrected chi connectivity index (χ2v) is 7.07. The van der Waals surface area contributed by atoms with Gasteiger partial charge in [0.1, 0.15) is 5.60 Å². The van der Waals surface area contributed by atoms with Crippen LogP contribution in [0.2, 0.25) is 0 Å². The molecule has 1 aliphatic heterocycles. The summed E-state index contributed by atoms with van der Waals surface area (Å²) >= 11 is 0. The largest absolute Gasteiger partial charge is 0.359 e. The van der Waals surface area contributed by atoms with Crippen LogP contribution >= 0.6 is 0 Å². The molecule has 1 fully saturated rings. The van der Waals surface area contributed by atoms with Crippen molar-refractivity contribution in [2.45, 2.75) is 18.4 Å². The molecule has 0 saturated carbocycles. The molecule has 0 radical (unpaired) electrons. The molecule has 0 spiro atoms. The predicted molar refractivity (Wildman–Crippen MR) is 111 cm³/mol. The van der Waals surface area contributed by atoms with E-state index in [4.69, 9.17) is 4.74 Å². The van der Waals surface area contributed by atoms with Crippen LogP contribution in [0.25, 0.3) is 0 Å². The Labute approximate surface area is 170 Å². The van der Waals surface area contributed by atoms with Crippen molar-refractivity contribution in [2.75, 3.05) is 13.2 Å². The summed E-state index contributed by atoms with van der Waals surface area (Å²) in [4.78, 5) is 25.3. The number of imide groups is 1. The first kappa shape index (κ1) is 19.1. The normalized spacial score (nSPS) is 14.4. The van der Waals surface area contributed by atoms with Gasteiger partial charge in [0.05, 0.1) is 13.2 Å². The third kappa shape index (κ3) is 3.71. The lowest BCUT2D eigenvalue weighted by molar-refractivity contribution is -0.139. The summed E-state index contributed by atoms with van der Waals surface area (Å²) in [5.41, 5.74) is 2.15. The number of hydrogen-bond donors (Lipinski definition) is 0. The first-order valence-electron chi connectivity index (χ1n) is 9.85. The van der Waals surface area contributed by atoms with Crippen molar-refractivity contribution in [1.82, 2.24) is 4.90 Å². The summed E-state index contributed by atoms with van der Waals surface area (Å²) in [5.74, 6) is -0.244. The lowest BCUT2D eigenvalue weighted by atomic mass is 9.80. The van der Waals surface area contributed by atoms with E-state index in [0.29, 0.717) is 12.8 Å². The van der Waals surface area contributed by atoms with E-state index in [-0.39, 0.29) is 25.0 Å². The maximum atomic E-state index is 12.0. The number of likely N-dealkylation sites (tertiary alicyclic amines) is 1. The molecule has 29 heavy (non-hydrogen) atoms. The minimum Gasteiger partial charge on any atom is -0.359 e. The Hall–Kier alpha value is -3.24. The second kappa shape index (κ2) is 8.41. The highest BCUT2D eigenvalue weighted by Crippen LogP contribution is 2.40. The number of rotatable bonds is 7. The molecule has 0 bridgehead atoms. The number of nitrogens with zero attached hydrogens (tertiary/aromatic N) is 1. The number of ether oxygens (including phenoxy) is 1. The average Bonchev–Trinajstić information content (AvgIpc) is 3.11. The van der Waals surface area contributed by atoms with Crippen molar-refractivity contribution in [3.8, 4) is 0 Å². The van der Waals surface area contributed by atoms with Crippen LogP contribution in [0.3, 0.4) is 0 Å². The molecule has 4 nitrogen and oxygen atoms in total. The molecule has 0 atom stereocenters. The van der Waals surface area contributed by atoms with E-state index in [2.05, 4.69) is 0 Å². The second-order valence-electron chi connectivity index (χ2n) is 7.07. The quantitative estimate of drug-likeness (QED) is 0.454. The third-order valence-corrected chi connectivity index (χ3v) is 5.33. The third-order valence-electron chi connectivity index (χ3n) is 5.33. The number of amides is 2. The van der Waals surface area contributed by atoms with E-state index in [1.807, 2.05) is 91.0 Å². The van der Waals surface area contributed by atoms with E-state index >= 15 is 0 Å². The fourth-order valence-corrected chi connectivity index (χ4v) is 3.93. The van der Waals surface area contributed by atoms with E-state index in [1.54, 1.807) is 0 Å². The van der Waals surface area contributed by atoms with Crippen molar-refractivity contribution in [3.05, 3.63) is 108 Å². The Bertz CT molecular complexity index is 858. The van der Waals surface area contributed by atoms with Crippen molar-refractivity contribution >= 4 is 11.8 Å². The number of carbonyl (C=O) groups is 2. The predicted octanol–water partition coefficient (Wildman–Crippen LogP) is 4.14. The fourth-order valence-electron chi connectivity index (χ4n) is 3.93. The highest BCUT2D eigenvalue weighted by Gasteiger charge is 2.38. The van der Waals surface area contributed by atoms with E-state index in [1.165, 1.54) is 4.90 Å². The summed E-state index contributed by atoms with van der Waals surface area (Å²) in [7, 11) is 0.